The summed E-state index contributed by atoms with van der Waals surface area (Å²) in [7, 11) is -0.964. The van der Waals surface area contributed by atoms with Crippen LogP contribution in [0.2, 0.25) is 0 Å². The summed E-state index contributed by atoms with van der Waals surface area (Å²) >= 11 is 0. The fourth-order valence-corrected chi connectivity index (χ4v) is 3.92. The van der Waals surface area contributed by atoms with Crippen molar-refractivity contribution in [1.29, 1.82) is 0 Å². The summed E-state index contributed by atoms with van der Waals surface area (Å²) in [6, 6.07) is 4.65. The lowest BCUT2D eigenvalue weighted by Crippen LogP contribution is -2.33. The van der Waals surface area contributed by atoms with E-state index in [4.69, 9.17) is 4.74 Å². The number of benzene rings is 1. The average Bonchev–Trinajstić information content (AvgIpc) is 2.95. The van der Waals surface area contributed by atoms with Crippen LogP contribution in [0.4, 0.5) is 14.9 Å². The molecule has 3 unspecified atom stereocenters. The van der Waals surface area contributed by atoms with E-state index in [9.17, 15) is 18.2 Å². The van der Waals surface area contributed by atoms with Crippen LogP contribution < -0.4 is 10.2 Å². The van der Waals surface area contributed by atoms with Crippen LogP contribution in [-0.2, 0) is 20.3 Å². The zero-order valence-electron chi connectivity index (χ0n) is 13.7. The number of nitrogens with zero attached hydrogens (tertiary/aromatic N) is 1. The zero-order valence-corrected chi connectivity index (χ0v) is 14.6. The van der Waals surface area contributed by atoms with E-state index in [2.05, 4.69) is 5.32 Å². The molecule has 2 aliphatic heterocycles. The number of cyclic esters (lactones) is 1. The maximum atomic E-state index is 14.5. The van der Waals surface area contributed by atoms with Gasteiger partial charge in [0.25, 0.3) is 0 Å². The molecule has 1 fully saturated rings. The highest BCUT2D eigenvalue weighted by Crippen LogP contribution is 2.31. The van der Waals surface area contributed by atoms with E-state index in [1.807, 2.05) is 0 Å². The van der Waals surface area contributed by atoms with Crippen molar-refractivity contribution in [2.45, 2.75) is 25.4 Å². The molecule has 2 aliphatic rings. The van der Waals surface area contributed by atoms with Crippen LogP contribution in [0.5, 0.6) is 0 Å². The highest BCUT2D eigenvalue weighted by atomic mass is 32.2. The smallest absolute Gasteiger partial charge is 0.414 e. The van der Waals surface area contributed by atoms with Gasteiger partial charge in [-0.3, -0.25) is 13.9 Å². The van der Waals surface area contributed by atoms with Gasteiger partial charge in [-0.1, -0.05) is 12.1 Å². The Kier molecular flexibility index (Phi) is 5.17. The van der Waals surface area contributed by atoms with Gasteiger partial charge in [0.15, 0.2) is 0 Å². The molecule has 2 heterocycles. The van der Waals surface area contributed by atoms with Gasteiger partial charge in [0.1, 0.15) is 11.9 Å². The Morgan fingerprint density at radius 3 is 2.92 bits per heavy atom. The molecule has 0 radical (unpaired) electrons. The van der Waals surface area contributed by atoms with Crippen molar-refractivity contribution in [2.24, 2.45) is 0 Å². The van der Waals surface area contributed by atoms with Gasteiger partial charge in [0.2, 0.25) is 5.91 Å². The Balaban J connectivity index is 1.72. The van der Waals surface area contributed by atoms with Crippen molar-refractivity contribution in [3.8, 4) is 0 Å². The Bertz CT molecular complexity index is 752. The van der Waals surface area contributed by atoms with Crippen molar-refractivity contribution in [1.82, 2.24) is 5.32 Å². The minimum atomic E-state index is -0.964. The molecule has 3 rings (SSSR count). The lowest BCUT2D eigenvalue weighted by Gasteiger charge is -2.19. The van der Waals surface area contributed by atoms with Crippen LogP contribution in [-0.4, -0.2) is 41.2 Å². The van der Waals surface area contributed by atoms with Crippen LogP contribution in [0.3, 0.4) is 0 Å². The Labute approximate surface area is 147 Å². The van der Waals surface area contributed by atoms with E-state index < -0.39 is 28.8 Å². The molecule has 25 heavy (non-hydrogen) atoms. The number of amides is 2. The first-order valence-electron chi connectivity index (χ1n) is 8.01. The molecule has 3 atom stereocenters. The Morgan fingerprint density at radius 1 is 1.48 bits per heavy atom. The van der Waals surface area contributed by atoms with E-state index in [1.54, 1.807) is 23.6 Å². The molecule has 6 nitrogen and oxygen atoms in total. The molecular formula is C17H19FN2O4S. The van der Waals surface area contributed by atoms with Gasteiger partial charge in [0.05, 0.1) is 18.8 Å². The molecule has 1 saturated heterocycles. The molecule has 0 bridgehead atoms. The summed E-state index contributed by atoms with van der Waals surface area (Å²) in [4.78, 5) is 24.3. The van der Waals surface area contributed by atoms with Crippen molar-refractivity contribution < 1.29 is 22.9 Å². The number of allylic oxidation sites excluding steroid dienone is 1. The summed E-state index contributed by atoms with van der Waals surface area (Å²) in [5, 5.41) is 4.20. The quantitative estimate of drug-likeness (QED) is 0.885. The normalized spacial score (nSPS) is 25.8. The molecular weight excluding hydrogens is 347 g/mol. The molecule has 0 aromatic heterocycles. The standard InChI is InChI=1S/C17H19FN2O4S/c1-11(21)19-9-14-10-20(17(22)24-14)13-2-3-15(16(18)8-13)12-4-6-25(23)7-5-12/h2-4,6,8,12,14H,5,7,9-10H2,1H3,(H,19,21). The highest BCUT2D eigenvalue weighted by molar-refractivity contribution is 7.88. The van der Waals surface area contributed by atoms with Crippen LogP contribution >= 0.6 is 0 Å². The van der Waals surface area contributed by atoms with Crippen molar-refractivity contribution in [3.63, 3.8) is 0 Å². The largest absolute Gasteiger partial charge is 0.442 e. The number of nitrogens with one attached hydrogen (secondary N) is 1. The number of anilines is 1. The molecule has 2 amide bonds. The third-order valence-corrected chi connectivity index (χ3v) is 5.34. The number of carbonyl (C=O) groups excluding carboxylic acids is 2. The first kappa shape index (κ1) is 17.6. The zero-order chi connectivity index (χ0) is 18.0. The van der Waals surface area contributed by atoms with Crippen molar-refractivity contribution in [3.05, 3.63) is 41.1 Å². The lowest BCUT2D eigenvalue weighted by atomic mass is 9.95. The number of hydrogen-bond donors (Lipinski definition) is 1. The van der Waals surface area contributed by atoms with E-state index in [0.717, 1.165) is 0 Å². The lowest BCUT2D eigenvalue weighted by molar-refractivity contribution is -0.119. The first-order valence-corrected chi connectivity index (χ1v) is 9.40. The first-order chi connectivity index (χ1) is 11.9. The number of carbonyl (C=O) groups is 2. The minimum Gasteiger partial charge on any atom is -0.442 e. The predicted octanol–water partition coefficient (Wildman–Crippen LogP) is 2.04. The van der Waals surface area contributed by atoms with E-state index in [1.165, 1.54) is 17.9 Å². The second-order valence-corrected chi connectivity index (χ2v) is 7.51. The molecule has 134 valence electrons. The summed E-state index contributed by atoms with van der Waals surface area (Å²) in [6.45, 7) is 1.86. The van der Waals surface area contributed by atoms with Gasteiger partial charge in [-0.2, -0.15) is 0 Å². The van der Waals surface area contributed by atoms with E-state index in [-0.39, 0.29) is 24.9 Å². The van der Waals surface area contributed by atoms with Crippen molar-refractivity contribution >= 4 is 28.5 Å². The number of hydrogen-bond acceptors (Lipinski definition) is 4. The summed E-state index contributed by atoms with van der Waals surface area (Å²) in [5.74, 6) is -0.194. The summed E-state index contributed by atoms with van der Waals surface area (Å²) in [5.41, 5.74) is 0.944. The number of rotatable bonds is 4. The number of ether oxygens (including phenoxy) is 1. The molecule has 1 aromatic rings. The molecule has 1 aromatic carbocycles. The van der Waals surface area contributed by atoms with Gasteiger partial charge in [-0.05, 0) is 29.5 Å². The fraction of sp³-hybridized carbons (Fsp3) is 0.412. The van der Waals surface area contributed by atoms with Gasteiger partial charge in [-0.15, -0.1) is 0 Å². The molecule has 8 heteroatoms. The van der Waals surface area contributed by atoms with Gasteiger partial charge in [-0.25, -0.2) is 9.18 Å². The second kappa shape index (κ2) is 7.35. The van der Waals surface area contributed by atoms with Crippen LogP contribution in [0.15, 0.2) is 29.7 Å². The van der Waals surface area contributed by atoms with Gasteiger partial charge in [0, 0.05) is 29.4 Å². The molecule has 1 N–H and O–H groups in total. The summed E-state index contributed by atoms with van der Waals surface area (Å²) in [6.07, 6.45) is 1.38. The molecule has 0 saturated carbocycles. The molecule has 0 aliphatic carbocycles. The monoisotopic (exact) mass is 366 g/mol. The van der Waals surface area contributed by atoms with E-state index in [0.29, 0.717) is 23.4 Å². The highest BCUT2D eigenvalue weighted by Gasteiger charge is 2.33. The Morgan fingerprint density at radius 2 is 2.28 bits per heavy atom. The van der Waals surface area contributed by atoms with Gasteiger partial charge >= 0.3 is 6.09 Å². The van der Waals surface area contributed by atoms with Crippen molar-refractivity contribution in [2.75, 3.05) is 23.7 Å². The van der Waals surface area contributed by atoms with Crippen LogP contribution in [0.1, 0.15) is 24.8 Å². The SMILES string of the molecule is CC(=O)NCC1CN(c2ccc(C3C=CS(=O)CC3)c(F)c2)C(=O)O1. The third-order valence-electron chi connectivity index (χ3n) is 4.24. The van der Waals surface area contributed by atoms with E-state index >= 15 is 0 Å². The van der Waals surface area contributed by atoms with Crippen LogP contribution in [0.25, 0.3) is 0 Å². The van der Waals surface area contributed by atoms with Gasteiger partial charge < -0.3 is 10.1 Å². The Hall–Kier alpha value is -2.22. The maximum Gasteiger partial charge on any atom is 0.414 e. The summed E-state index contributed by atoms with van der Waals surface area (Å²) < 4.78 is 31.1. The maximum absolute atomic E-state index is 14.5. The van der Waals surface area contributed by atoms with Crippen LogP contribution in [0, 0.1) is 5.82 Å². The third kappa shape index (κ3) is 4.07. The number of halogens is 1. The predicted molar refractivity (Wildman–Crippen MR) is 92.2 cm³/mol. The fourth-order valence-electron chi connectivity index (χ4n) is 2.93. The average molecular weight is 366 g/mol. The molecule has 0 spiro atoms. The minimum absolute atomic E-state index is 0.107. The topological polar surface area (TPSA) is 75.7 Å². The second-order valence-electron chi connectivity index (χ2n) is 6.07.